The topological polar surface area (TPSA) is 60.4 Å². The van der Waals surface area contributed by atoms with Crippen molar-refractivity contribution in [2.24, 2.45) is 5.84 Å². The summed E-state index contributed by atoms with van der Waals surface area (Å²) >= 11 is 0. The second-order valence-corrected chi connectivity index (χ2v) is 5.42. The van der Waals surface area contributed by atoms with Gasteiger partial charge in [0.2, 0.25) is 0 Å². The molecule has 0 fully saturated rings. The van der Waals surface area contributed by atoms with Crippen LogP contribution in [0.5, 0.6) is 0 Å². The fourth-order valence-corrected chi connectivity index (χ4v) is 2.92. The quantitative estimate of drug-likeness (QED) is 0.655. The second kappa shape index (κ2) is 6.43. The number of furan rings is 1. The van der Waals surface area contributed by atoms with Gasteiger partial charge in [0.15, 0.2) is 0 Å². The van der Waals surface area contributed by atoms with E-state index in [1.807, 2.05) is 12.1 Å². The maximum absolute atomic E-state index is 5.95. The molecule has 4 heteroatoms. The molecular weight excluding hydrogens is 264 g/mol. The Morgan fingerprint density at radius 2 is 2.14 bits per heavy atom. The molecule has 3 rings (SSSR count). The highest BCUT2D eigenvalue weighted by Gasteiger charge is 2.25. The van der Waals surface area contributed by atoms with Crippen molar-refractivity contribution in [3.8, 4) is 0 Å². The lowest BCUT2D eigenvalue weighted by Crippen LogP contribution is -2.30. The lowest BCUT2D eigenvalue weighted by molar-refractivity contribution is 0.0276. The maximum atomic E-state index is 5.95. The molecule has 2 aromatic rings. The van der Waals surface area contributed by atoms with Crippen LogP contribution < -0.4 is 11.3 Å². The normalized spacial score (nSPS) is 19.2. The third-order valence-corrected chi connectivity index (χ3v) is 4.12. The number of nitrogens with two attached hydrogens (primary N) is 1. The summed E-state index contributed by atoms with van der Waals surface area (Å²) in [6, 6.07) is 12.4. The monoisotopic (exact) mass is 286 g/mol. The van der Waals surface area contributed by atoms with E-state index in [9.17, 15) is 0 Å². The molecule has 1 aliphatic heterocycles. The van der Waals surface area contributed by atoms with E-state index >= 15 is 0 Å². The van der Waals surface area contributed by atoms with E-state index in [0.29, 0.717) is 0 Å². The zero-order chi connectivity index (χ0) is 14.7. The van der Waals surface area contributed by atoms with Gasteiger partial charge in [0.1, 0.15) is 11.5 Å². The number of aryl methyl sites for hydroxylation is 1. The first-order chi connectivity index (χ1) is 10.3. The first kappa shape index (κ1) is 14.3. The van der Waals surface area contributed by atoms with E-state index in [0.717, 1.165) is 37.4 Å². The Morgan fingerprint density at radius 3 is 2.90 bits per heavy atom. The highest BCUT2D eigenvalue weighted by atomic mass is 16.5. The van der Waals surface area contributed by atoms with E-state index in [-0.39, 0.29) is 12.1 Å². The van der Waals surface area contributed by atoms with E-state index < -0.39 is 0 Å². The Labute approximate surface area is 125 Å². The van der Waals surface area contributed by atoms with E-state index in [2.05, 4.69) is 36.6 Å². The maximum Gasteiger partial charge on any atom is 0.122 e. The molecule has 112 valence electrons. The molecule has 3 N–H and O–H groups in total. The number of nitrogens with one attached hydrogen (secondary N) is 1. The first-order valence-corrected chi connectivity index (χ1v) is 7.56. The van der Waals surface area contributed by atoms with E-state index in [4.69, 9.17) is 15.0 Å². The zero-order valence-corrected chi connectivity index (χ0v) is 12.3. The number of ether oxygens (including phenoxy) is 1. The lowest BCUT2D eigenvalue weighted by Gasteiger charge is -2.28. The molecule has 0 radical (unpaired) electrons. The standard InChI is InChI=1S/C17H22N2O2/c1-2-13-7-8-16(21-13)15(19-18)11-17-14-6-4-3-5-12(14)9-10-20-17/h3-8,15,17,19H,2,9-11,18H2,1H3. The molecule has 2 heterocycles. The van der Waals surface area contributed by atoms with Crippen LogP contribution in [0.4, 0.5) is 0 Å². The van der Waals surface area contributed by atoms with Gasteiger partial charge in [-0.2, -0.15) is 0 Å². The summed E-state index contributed by atoms with van der Waals surface area (Å²) in [7, 11) is 0. The molecule has 4 nitrogen and oxygen atoms in total. The van der Waals surface area contributed by atoms with Crippen LogP contribution >= 0.6 is 0 Å². The molecule has 0 saturated carbocycles. The van der Waals surface area contributed by atoms with Gasteiger partial charge in [-0.1, -0.05) is 31.2 Å². The Bertz CT molecular complexity index is 594. The SMILES string of the molecule is CCc1ccc(C(CC2OCCc3ccccc32)NN)o1. The van der Waals surface area contributed by atoms with Crippen molar-refractivity contribution in [1.29, 1.82) is 0 Å². The van der Waals surface area contributed by atoms with E-state index in [1.165, 1.54) is 11.1 Å². The highest BCUT2D eigenvalue weighted by Crippen LogP contribution is 2.34. The van der Waals surface area contributed by atoms with Crippen molar-refractivity contribution in [2.45, 2.75) is 38.3 Å². The smallest absolute Gasteiger partial charge is 0.122 e. The predicted octanol–water partition coefficient (Wildman–Crippen LogP) is 3.05. The van der Waals surface area contributed by atoms with Crippen LogP contribution in [0.15, 0.2) is 40.8 Å². The van der Waals surface area contributed by atoms with Crippen molar-refractivity contribution < 1.29 is 9.15 Å². The number of hydrogen-bond donors (Lipinski definition) is 2. The third kappa shape index (κ3) is 3.02. The average molecular weight is 286 g/mol. The number of rotatable bonds is 5. The fraction of sp³-hybridized carbons (Fsp3) is 0.412. The summed E-state index contributed by atoms with van der Waals surface area (Å²) < 4.78 is 11.8. The summed E-state index contributed by atoms with van der Waals surface area (Å²) in [5.74, 6) is 7.58. The molecule has 0 amide bonds. The van der Waals surface area contributed by atoms with Gasteiger partial charge in [-0.25, -0.2) is 5.43 Å². The van der Waals surface area contributed by atoms with Gasteiger partial charge in [-0.15, -0.1) is 0 Å². The van der Waals surface area contributed by atoms with Crippen molar-refractivity contribution in [3.05, 3.63) is 59.0 Å². The number of hydrogen-bond acceptors (Lipinski definition) is 4. The Hall–Kier alpha value is -1.62. The first-order valence-electron chi connectivity index (χ1n) is 7.56. The molecule has 0 aliphatic carbocycles. The zero-order valence-electron chi connectivity index (χ0n) is 12.3. The van der Waals surface area contributed by atoms with Crippen LogP contribution in [0.3, 0.4) is 0 Å². The minimum atomic E-state index is -0.0403. The van der Waals surface area contributed by atoms with Gasteiger partial charge >= 0.3 is 0 Å². The van der Waals surface area contributed by atoms with Crippen LogP contribution in [0.1, 0.15) is 48.1 Å². The second-order valence-electron chi connectivity index (χ2n) is 5.42. The van der Waals surface area contributed by atoms with Crippen LogP contribution in [0, 0.1) is 0 Å². The molecule has 0 saturated heterocycles. The Kier molecular flexibility index (Phi) is 4.39. The van der Waals surface area contributed by atoms with Crippen LogP contribution in [0.25, 0.3) is 0 Å². The van der Waals surface area contributed by atoms with Crippen LogP contribution in [-0.4, -0.2) is 6.61 Å². The van der Waals surface area contributed by atoms with Crippen LogP contribution in [-0.2, 0) is 17.6 Å². The molecule has 0 spiro atoms. The van der Waals surface area contributed by atoms with Crippen molar-refractivity contribution >= 4 is 0 Å². The molecule has 21 heavy (non-hydrogen) atoms. The Morgan fingerprint density at radius 1 is 1.29 bits per heavy atom. The number of hydrazine groups is 1. The molecule has 1 aromatic heterocycles. The largest absolute Gasteiger partial charge is 0.464 e. The van der Waals surface area contributed by atoms with Gasteiger partial charge < -0.3 is 9.15 Å². The van der Waals surface area contributed by atoms with Crippen molar-refractivity contribution in [3.63, 3.8) is 0 Å². The Balaban J connectivity index is 1.78. The summed E-state index contributed by atoms with van der Waals surface area (Å²) in [6.45, 7) is 2.84. The summed E-state index contributed by atoms with van der Waals surface area (Å²) in [5.41, 5.74) is 5.50. The average Bonchev–Trinajstić information content (AvgIpc) is 3.01. The third-order valence-electron chi connectivity index (χ3n) is 4.12. The molecule has 1 aliphatic rings. The number of benzene rings is 1. The van der Waals surface area contributed by atoms with Gasteiger partial charge in [0.25, 0.3) is 0 Å². The van der Waals surface area contributed by atoms with Crippen molar-refractivity contribution in [1.82, 2.24) is 5.43 Å². The molecule has 2 atom stereocenters. The fourth-order valence-electron chi connectivity index (χ4n) is 2.92. The van der Waals surface area contributed by atoms with E-state index in [1.54, 1.807) is 0 Å². The summed E-state index contributed by atoms with van der Waals surface area (Å²) in [6.07, 6.45) is 2.70. The van der Waals surface area contributed by atoms with Gasteiger partial charge in [-0.3, -0.25) is 5.84 Å². The highest BCUT2D eigenvalue weighted by molar-refractivity contribution is 5.31. The number of fused-ring (bicyclic) bond motifs is 1. The summed E-state index contributed by atoms with van der Waals surface area (Å²) in [5, 5.41) is 0. The lowest BCUT2D eigenvalue weighted by atomic mass is 9.93. The van der Waals surface area contributed by atoms with Gasteiger partial charge in [0.05, 0.1) is 18.8 Å². The molecule has 2 unspecified atom stereocenters. The predicted molar refractivity (Wildman–Crippen MR) is 81.6 cm³/mol. The van der Waals surface area contributed by atoms with Gasteiger partial charge in [-0.05, 0) is 29.7 Å². The van der Waals surface area contributed by atoms with Crippen LogP contribution in [0.2, 0.25) is 0 Å². The minimum absolute atomic E-state index is 0.0403. The molecular formula is C17H22N2O2. The minimum Gasteiger partial charge on any atom is -0.464 e. The molecule has 1 aromatic carbocycles. The molecule has 0 bridgehead atoms. The summed E-state index contributed by atoms with van der Waals surface area (Å²) in [4.78, 5) is 0. The van der Waals surface area contributed by atoms with Gasteiger partial charge in [0, 0.05) is 12.8 Å². The van der Waals surface area contributed by atoms with Crippen molar-refractivity contribution in [2.75, 3.05) is 6.61 Å².